The average molecular weight is 412 g/mol. The van der Waals surface area contributed by atoms with E-state index < -0.39 is 23.7 Å². The van der Waals surface area contributed by atoms with Crippen LogP contribution in [-0.4, -0.2) is 6.36 Å². The maximum Gasteiger partial charge on any atom is 0.573 e. The van der Waals surface area contributed by atoms with Crippen LogP contribution in [-0.2, 0) is 19.3 Å². The van der Waals surface area contributed by atoms with Gasteiger partial charge in [0.2, 0.25) is 5.75 Å². The van der Waals surface area contributed by atoms with Crippen molar-refractivity contribution in [3.63, 3.8) is 0 Å². The topological polar surface area (TPSA) is 9.23 Å². The van der Waals surface area contributed by atoms with Gasteiger partial charge in [-0.1, -0.05) is 50.5 Å². The molecule has 0 saturated carbocycles. The third-order valence-corrected chi connectivity index (χ3v) is 5.57. The molecule has 1 nitrogen and oxygen atoms in total. The van der Waals surface area contributed by atoms with E-state index in [2.05, 4.69) is 35.9 Å². The lowest BCUT2D eigenvalue weighted by Crippen LogP contribution is -2.21. The Morgan fingerprint density at radius 3 is 2.41 bits per heavy atom. The van der Waals surface area contributed by atoms with Gasteiger partial charge in [-0.2, -0.15) is 0 Å². The maximum absolute atomic E-state index is 14.4. The second kappa shape index (κ2) is 9.14. The fraction of sp³-hybridized carbons (Fsp3) is 0.478. The molecular weight excluding hydrogens is 387 g/mol. The van der Waals surface area contributed by atoms with Crippen LogP contribution in [0.3, 0.4) is 0 Å². The highest BCUT2D eigenvalue weighted by molar-refractivity contribution is 5.42. The minimum absolute atomic E-state index is 0.0878. The van der Waals surface area contributed by atoms with Crippen molar-refractivity contribution in [3.8, 4) is 5.75 Å². The molecule has 0 N–H and O–H groups in total. The molecule has 2 aromatic carbocycles. The van der Waals surface area contributed by atoms with E-state index in [-0.39, 0.29) is 17.9 Å². The number of halogens is 5. The van der Waals surface area contributed by atoms with Crippen molar-refractivity contribution in [2.75, 3.05) is 0 Å². The average Bonchev–Trinajstić information content (AvgIpc) is 2.68. The van der Waals surface area contributed by atoms with Gasteiger partial charge in [-0.15, -0.1) is 13.2 Å². The monoisotopic (exact) mass is 412 g/mol. The Morgan fingerprint density at radius 2 is 1.76 bits per heavy atom. The van der Waals surface area contributed by atoms with E-state index in [9.17, 15) is 22.0 Å². The van der Waals surface area contributed by atoms with Gasteiger partial charge in [0.1, 0.15) is 0 Å². The number of aryl methyl sites for hydroxylation is 1. The summed E-state index contributed by atoms with van der Waals surface area (Å²) >= 11 is 0. The summed E-state index contributed by atoms with van der Waals surface area (Å²) in [7, 11) is 0. The Balaban J connectivity index is 1.71. The van der Waals surface area contributed by atoms with Crippen LogP contribution in [0.15, 0.2) is 30.3 Å². The molecule has 1 unspecified atom stereocenters. The first-order valence-corrected chi connectivity index (χ1v) is 10.1. The van der Waals surface area contributed by atoms with Gasteiger partial charge in [0.05, 0.1) is 0 Å². The molecule has 1 atom stereocenters. The van der Waals surface area contributed by atoms with Crippen LogP contribution in [0.25, 0.3) is 0 Å². The van der Waals surface area contributed by atoms with E-state index >= 15 is 0 Å². The van der Waals surface area contributed by atoms with Crippen LogP contribution in [0.2, 0.25) is 0 Å². The van der Waals surface area contributed by atoms with Crippen molar-refractivity contribution in [2.24, 2.45) is 0 Å². The summed E-state index contributed by atoms with van der Waals surface area (Å²) in [5, 5.41) is 0. The summed E-state index contributed by atoms with van der Waals surface area (Å²) in [5.41, 5.74) is 2.89. The molecule has 158 valence electrons. The van der Waals surface area contributed by atoms with Crippen LogP contribution in [0.4, 0.5) is 22.0 Å². The number of alkyl halides is 3. The second-order valence-corrected chi connectivity index (χ2v) is 7.68. The first-order chi connectivity index (χ1) is 13.8. The lowest BCUT2D eigenvalue weighted by atomic mass is 9.79. The van der Waals surface area contributed by atoms with Crippen molar-refractivity contribution in [1.29, 1.82) is 0 Å². The number of hydrogen-bond acceptors (Lipinski definition) is 1. The third kappa shape index (κ3) is 5.49. The maximum atomic E-state index is 14.4. The van der Waals surface area contributed by atoms with Gasteiger partial charge in [0.25, 0.3) is 0 Å². The number of benzene rings is 2. The molecule has 6 heteroatoms. The van der Waals surface area contributed by atoms with Gasteiger partial charge in [0, 0.05) is 0 Å². The predicted molar refractivity (Wildman–Crippen MR) is 102 cm³/mol. The SMILES string of the molecule is CCCCCCc1ccc(C2CCc3c(cc(F)c(OC(F)(F)F)c3F)C2)cc1. The summed E-state index contributed by atoms with van der Waals surface area (Å²) in [4.78, 5) is 0. The van der Waals surface area contributed by atoms with E-state index in [1.54, 1.807) is 0 Å². The molecule has 3 rings (SSSR count). The van der Waals surface area contributed by atoms with E-state index in [1.807, 2.05) is 0 Å². The first-order valence-electron chi connectivity index (χ1n) is 10.1. The molecule has 0 spiro atoms. The molecule has 0 radical (unpaired) electrons. The van der Waals surface area contributed by atoms with Crippen LogP contribution in [0.1, 0.15) is 67.2 Å². The Labute approximate surface area is 167 Å². The molecule has 0 amide bonds. The standard InChI is InChI=1S/C23H25F5O/c1-2-3-4-5-6-15-7-9-16(10-8-15)17-11-12-19-18(13-17)14-20(24)22(21(19)25)29-23(26,27)28/h7-10,14,17H,2-6,11-13H2,1H3. The third-order valence-electron chi connectivity index (χ3n) is 5.57. The number of hydrogen-bond donors (Lipinski definition) is 0. The molecule has 0 heterocycles. The fourth-order valence-electron chi connectivity index (χ4n) is 4.03. The zero-order valence-electron chi connectivity index (χ0n) is 16.4. The molecule has 0 bridgehead atoms. The summed E-state index contributed by atoms with van der Waals surface area (Å²) in [5.74, 6) is -3.83. The van der Waals surface area contributed by atoms with E-state index in [1.165, 1.54) is 24.8 Å². The summed E-state index contributed by atoms with van der Waals surface area (Å²) < 4.78 is 69.3. The van der Waals surface area contributed by atoms with Crippen LogP contribution in [0, 0.1) is 11.6 Å². The zero-order valence-corrected chi connectivity index (χ0v) is 16.4. The molecule has 1 aliphatic rings. The lowest BCUT2D eigenvalue weighted by Gasteiger charge is -2.26. The van der Waals surface area contributed by atoms with Gasteiger partial charge in [-0.3, -0.25) is 0 Å². The highest BCUT2D eigenvalue weighted by Crippen LogP contribution is 2.39. The summed E-state index contributed by atoms with van der Waals surface area (Å²) in [6, 6.07) is 9.28. The minimum atomic E-state index is -5.13. The van der Waals surface area contributed by atoms with Gasteiger partial charge in [-0.25, -0.2) is 8.78 Å². The van der Waals surface area contributed by atoms with Gasteiger partial charge in [-0.05, 0) is 66.3 Å². The second-order valence-electron chi connectivity index (χ2n) is 7.68. The molecule has 1 aliphatic carbocycles. The highest BCUT2D eigenvalue weighted by atomic mass is 19.4. The van der Waals surface area contributed by atoms with Crippen molar-refractivity contribution in [2.45, 2.75) is 70.6 Å². The van der Waals surface area contributed by atoms with Crippen LogP contribution < -0.4 is 4.74 Å². The number of rotatable bonds is 7. The lowest BCUT2D eigenvalue weighted by molar-refractivity contribution is -0.276. The Hall–Kier alpha value is -2.11. The zero-order chi connectivity index (χ0) is 21.0. The van der Waals surface area contributed by atoms with E-state index in [0.29, 0.717) is 18.4 Å². The van der Waals surface area contributed by atoms with Crippen LogP contribution >= 0.6 is 0 Å². The molecule has 0 aromatic heterocycles. The quantitative estimate of drug-likeness (QED) is 0.344. The predicted octanol–water partition coefficient (Wildman–Crippen LogP) is 7.26. The van der Waals surface area contributed by atoms with Gasteiger partial charge < -0.3 is 4.74 Å². The normalized spacial score (nSPS) is 16.6. The van der Waals surface area contributed by atoms with E-state index in [4.69, 9.17) is 0 Å². The molecule has 0 fully saturated rings. The van der Waals surface area contributed by atoms with E-state index in [0.717, 1.165) is 24.5 Å². The van der Waals surface area contributed by atoms with Crippen molar-refractivity contribution >= 4 is 0 Å². The van der Waals surface area contributed by atoms with Gasteiger partial charge >= 0.3 is 6.36 Å². The van der Waals surface area contributed by atoms with Crippen molar-refractivity contribution < 1.29 is 26.7 Å². The summed E-state index contributed by atoms with van der Waals surface area (Å²) in [6.45, 7) is 2.18. The molecule has 0 aliphatic heterocycles. The molecule has 2 aromatic rings. The highest BCUT2D eigenvalue weighted by Gasteiger charge is 2.36. The fourth-order valence-corrected chi connectivity index (χ4v) is 4.03. The number of ether oxygens (including phenoxy) is 1. The Kier molecular flexibility index (Phi) is 6.81. The molecule has 0 saturated heterocycles. The van der Waals surface area contributed by atoms with Gasteiger partial charge in [0.15, 0.2) is 11.6 Å². The Morgan fingerprint density at radius 1 is 1.03 bits per heavy atom. The van der Waals surface area contributed by atoms with Crippen molar-refractivity contribution in [1.82, 2.24) is 0 Å². The molecule has 29 heavy (non-hydrogen) atoms. The van der Waals surface area contributed by atoms with Crippen molar-refractivity contribution in [3.05, 3.63) is 64.2 Å². The summed E-state index contributed by atoms with van der Waals surface area (Å²) in [6.07, 6.45) is 1.95. The Bertz CT molecular complexity index is 827. The smallest absolute Gasteiger partial charge is 0.399 e. The minimum Gasteiger partial charge on any atom is -0.399 e. The number of unbranched alkanes of at least 4 members (excludes halogenated alkanes) is 3. The molecular formula is C23H25F5O. The largest absolute Gasteiger partial charge is 0.573 e. The number of fused-ring (bicyclic) bond motifs is 1. The van der Waals surface area contributed by atoms with Crippen LogP contribution in [0.5, 0.6) is 5.75 Å². The first kappa shape index (κ1) is 21.6.